The van der Waals surface area contributed by atoms with Crippen LogP contribution in [-0.4, -0.2) is 18.4 Å². The van der Waals surface area contributed by atoms with Crippen LogP contribution in [0.3, 0.4) is 0 Å². The molecule has 0 unspecified atom stereocenters. The molecule has 0 aliphatic rings. The van der Waals surface area contributed by atoms with Crippen LogP contribution in [0.2, 0.25) is 0 Å². The fourth-order valence-corrected chi connectivity index (χ4v) is 1.81. The summed E-state index contributed by atoms with van der Waals surface area (Å²) in [6, 6.07) is 1.82. The molecule has 0 bridgehead atoms. The molecule has 0 aliphatic carbocycles. The SMILES string of the molecule is COC(=O)c1cc(C=CCBr)cs1. The van der Waals surface area contributed by atoms with E-state index in [1.54, 1.807) is 0 Å². The van der Waals surface area contributed by atoms with Gasteiger partial charge < -0.3 is 4.74 Å². The largest absolute Gasteiger partial charge is 0.465 e. The molecular formula is C9H9BrO2S. The van der Waals surface area contributed by atoms with Crippen molar-refractivity contribution >= 4 is 39.3 Å². The first-order valence-electron chi connectivity index (χ1n) is 3.67. The second-order valence-corrected chi connectivity index (χ2v) is 3.85. The summed E-state index contributed by atoms with van der Waals surface area (Å²) < 4.78 is 4.59. The first-order chi connectivity index (χ1) is 6.27. The van der Waals surface area contributed by atoms with Gasteiger partial charge in [0, 0.05) is 5.33 Å². The van der Waals surface area contributed by atoms with Crippen LogP contribution in [0.15, 0.2) is 17.5 Å². The Morgan fingerprint density at radius 3 is 3.15 bits per heavy atom. The zero-order valence-electron chi connectivity index (χ0n) is 7.12. The third kappa shape index (κ3) is 2.97. The van der Waals surface area contributed by atoms with Gasteiger partial charge in [-0.15, -0.1) is 11.3 Å². The smallest absolute Gasteiger partial charge is 0.348 e. The Balaban J connectivity index is 2.74. The zero-order chi connectivity index (χ0) is 9.68. The molecule has 13 heavy (non-hydrogen) atoms. The van der Waals surface area contributed by atoms with Crippen LogP contribution >= 0.6 is 27.3 Å². The third-order valence-corrected chi connectivity index (χ3v) is 2.71. The van der Waals surface area contributed by atoms with Crippen LogP contribution in [0.25, 0.3) is 6.08 Å². The van der Waals surface area contributed by atoms with Crippen LogP contribution in [-0.2, 0) is 4.74 Å². The average molecular weight is 261 g/mol. The molecule has 1 rings (SSSR count). The lowest BCUT2D eigenvalue weighted by Crippen LogP contribution is -1.96. The Labute approximate surface area is 89.3 Å². The normalized spacial score (nSPS) is 10.6. The molecule has 1 heterocycles. The number of thiophene rings is 1. The molecule has 0 saturated carbocycles. The molecular weight excluding hydrogens is 252 g/mol. The predicted molar refractivity (Wildman–Crippen MR) is 58.5 cm³/mol. The number of esters is 1. The van der Waals surface area contributed by atoms with Gasteiger partial charge in [0.15, 0.2) is 0 Å². The Morgan fingerprint density at radius 2 is 2.54 bits per heavy atom. The molecule has 70 valence electrons. The number of ether oxygens (including phenoxy) is 1. The number of methoxy groups -OCH3 is 1. The van der Waals surface area contributed by atoms with Crippen molar-refractivity contribution in [3.05, 3.63) is 28.0 Å². The number of rotatable bonds is 3. The molecule has 0 aliphatic heterocycles. The summed E-state index contributed by atoms with van der Waals surface area (Å²) in [5.41, 5.74) is 1.03. The zero-order valence-corrected chi connectivity index (χ0v) is 9.52. The van der Waals surface area contributed by atoms with Crippen molar-refractivity contribution in [2.45, 2.75) is 0 Å². The van der Waals surface area contributed by atoms with E-state index in [4.69, 9.17) is 0 Å². The Bertz CT molecular complexity index is 317. The van der Waals surface area contributed by atoms with Gasteiger partial charge in [0.2, 0.25) is 0 Å². The Morgan fingerprint density at radius 1 is 1.77 bits per heavy atom. The molecule has 0 atom stereocenters. The first-order valence-corrected chi connectivity index (χ1v) is 5.67. The molecule has 1 aromatic rings. The van der Waals surface area contributed by atoms with Crippen LogP contribution < -0.4 is 0 Å². The molecule has 1 aromatic heterocycles. The number of carbonyl (C=O) groups excluding carboxylic acids is 1. The van der Waals surface area contributed by atoms with Crippen molar-refractivity contribution in [2.75, 3.05) is 12.4 Å². The van der Waals surface area contributed by atoms with Crippen molar-refractivity contribution in [3.63, 3.8) is 0 Å². The molecule has 0 N–H and O–H groups in total. The molecule has 0 amide bonds. The molecule has 0 radical (unpaired) electrons. The monoisotopic (exact) mass is 260 g/mol. The highest BCUT2D eigenvalue weighted by Gasteiger charge is 2.06. The van der Waals surface area contributed by atoms with Gasteiger partial charge in [-0.2, -0.15) is 0 Å². The minimum Gasteiger partial charge on any atom is -0.465 e. The minimum absolute atomic E-state index is 0.275. The maximum atomic E-state index is 11.1. The molecule has 0 fully saturated rings. The molecule has 0 aromatic carbocycles. The minimum atomic E-state index is -0.275. The van der Waals surface area contributed by atoms with Crippen molar-refractivity contribution in [1.82, 2.24) is 0 Å². The van der Waals surface area contributed by atoms with Crippen LogP contribution in [0.4, 0.5) is 0 Å². The Kier molecular flexibility index (Phi) is 4.18. The van der Waals surface area contributed by atoms with Crippen molar-refractivity contribution < 1.29 is 9.53 Å². The third-order valence-electron chi connectivity index (χ3n) is 1.41. The van der Waals surface area contributed by atoms with E-state index in [2.05, 4.69) is 20.7 Å². The molecule has 0 spiro atoms. The van der Waals surface area contributed by atoms with E-state index in [9.17, 15) is 4.79 Å². The highest BCUT2D eigenvalue weighted by molar-refractivity contribution is 9.09. The summed E-state index contributed by atoms with van der Waals surface area (Å²) in [7, 11) is 1.38. The quantitative estimate of drug-likeness (QED) is 0.617. The number of carbonyl (C=O) groups is 1. The first kappa shape index (κ1) is 10.5. The second kappa shape index (κ2) is 5.19. The summed E-state index contributed by atoms with van der Waals surface area (Å²) in [5, 5.41) is 2.74. The predicted octanol–water partition coefficient (Wildman–Crippen LogP) is 2.94. The van der Waals surface area contributed by atoms with Crippen LogP contribution in [0, 0.1) is 0 Å². The summed E-state index contributed by atoms with van der Waals surface area (Å²) >= 11 is 4.67. The molecule has 4 heteroatoms. The van der Waals surface area contributed by atoms with E-state index in [1.165, 1.54) is 18.4 Å². The van der Waals surface area contributed by atoms with E-state index >= 15 is 0 Å². The lowest BCUT2D eigenvalue weighted by molar-refractivity contribution is 0.0606. The summed E-state index contributed by atoms with van der Waals surface area (Å²) in [5.74, 6) is -0.275. The topological polar surface area (TPSA) is 26.3 Å². The number of allylic oxidation sites excluding steroid dienone is 1. The van der Waals surface area contributed by atoms with E-state index in [-0.39, 0.29) is 5.97 Å². The highest BCUT2D eigenvalue weighted by atomic mass is 79.9. The van der Waals surface area contributed by atoms with Crippen molar-refractivity contribution in [1.29, 1.82) is 0 Å². The highest BCUT2D eigenvalue weighted by Crippen LogP contribution is 2.16. The van der Waals surface area contributed by atoms with Crippen LogP contribution in [0.5, 0.6) is 0 Å². The fraction of sp³-hybridized carbons (Fsp3) is 0.222. The average Bonchev–Trinajstić information content (AvgIpc) is 2.62. The Hall–Kier alpha value is -0.610. The standard InChI is InChI=1S/C9H9BrO2S/c1-12-9(11)8-5-7(6-13-8)3-2-4-10/h2-3,5-6H,4H2,1H3. The summed E-state index contributed by atoms with van der Waals surface area (Å²) in [4.78, 5) is 11.7. The van der Waals surface area contributed by atoms with Gasteiger partial charge in [-0.3, -0.25) is 0 Å². The number of halogens is 1. The second-order valence-electron chi connectivity index (χ2n) is 2.29. The van der Waals surface area contributed by atoms with Crippen LogP contribution in [0.1, 0.15) is 15.2 Å². The number of hydrogen-bond acceptors (Lipinski definition) is 3. The van der Waals surface area contributed by atoms with Gasteiger partial charge >= 0.3 is 5.97 Å². The van der Waals surface area contributed by atoms with E-state index in [0.717, 1.165) is 10.9 Å². The summed E-state index contributed by atoms with van der Waals surface area (Å²) in [6.45, 7) is 0. The fourth-order valence-electron chi connectivity index (χ4n) is 0.827. The number of hydrogen-bond donors (Lipinski definition) is 0. The van der Waals surface area contributed by atoms with E-state index in [1.807, 2.05) is 23.6 Å². The van der Waals surface area contributed by atoms with Gasteiger partial charge in [0.05, 0.1) is 7.11 Å². The lowest BCUT2D eigenvalue weighted by Gasteiger charge is -1.90. The van der Waals surface area contributed by atoms with Gasteiger partial charge in [-0.05, 0) is 17.0 Å². The molecule has 2 nitrogen and oxygen atoms in total. The van der Waals surface area contributed by atoms with Crippen molar-refractivity contribution in [2.24, 2.45) is 0 Å². The number of alkyl halides is 1. The maximum Gasteiger partial charge on any atom is 0.348 e. The van der Waals surface area contributed by atoms with Gasteiger partial charge in [0.25, 0.3) is 0 Å². The van der Waals surface area contributed by atoms with Gasteiger partial charge in [-0.25, -0.2) is 4.79 Å². The van der Waals surface area contributed by atoms with Gasteiger partial charge in [-0.1, -0.05) is 28.1 Å². The van der Waals surface area contributed by atoms with Gasteiger partial charge in [0.1, 0.15) is 4.88 Å². The van der Waals surface area contributed by atoms with E-state index in [0.29, 0.717) is 4.88 Å². The lowest BCUT2D eigenvalue weighted by atomic mass is 10.3. The summed E-state index contributed by atoms with van der Waals surface area (Å²) in [6.07, 6.45) is 3.93. The van der Waals surface area contributed by atoms with Crippen molar-refractivity contribution in [3.8, 4) is 0 Å². The molecule has 0 saturated heterocycles. The maximum absolute atomic E-state index is 11.1. The van der Waals surface area contributed by atoms with E-state index < -0.39 is 0 Å².